The van der Waals surface area contributed by atoms with Crippen molar-refractivity contribution in [2.45, 2.75) is 0 Å². The standard InChI is InChI=1S/3C10H8N2.Cd.2ClHO4.H2O/c3*1-3-7-11-9(5-1)10-6-2-4-8-12-10;;2*2-1(3,4)5;/h3*1-8H;;2*(H,2,3,4,5);1H2/q;;;+2;;;/p-2. The summed E-state index contributed by atoms with van der Waals surface area (Å²) in [7, 11) is -9.89. The summed E-state index contributed by atoms with van der Waals surface area (Å²) >= 11 is 0. The van der Waals surface area contributed by atoms with Crippen molar-refractivity contribution in [2.75, 3.05) is 0 Å². The van der Waals surface area contributed by atoms with Crippen LogP contribution in [0.5, 0.6) is 0 Å². The van der Waals surface area contributed by atoms with Crippen LogP contribution < -0.4 is 37.3 Å². The van der Waals surface area contributed by atoms with Crippen LogP contribution in [-0.4, -0.2) is 35.4 Å². The van der Waals surface area contributed by atoms with Crippen LogP contribution in [0.15, 0.2) is 146 Å². The van der Waals surface area contributed by atoms with E-state index in [0.29, 0.717) is 0 Å². The van der Waals surface area contributed by atoms with Crippen LogP contribution in [-0.2, 0) is 27.3 Å². The third-order valence-electron chi connectivity index (χ3n) is 4.78. The van der Waals surface area contributed by atoms with E-state index in [2.05, 4.69) is 29.9 Å². The summed E-state index contributed by atoms with van der Waals surface area (Å²) in [6.45, 7) is 0. The van der Waals surface area contributed by atoms with Crippen molar-refractivity contribution >= 4 is 0 Å². The minimum Gasteiger partial charge on any atom is -0.412 e. The van der Waals surface area contributed by atoms with Gasteiger partial charge in [-0.25, -0.2) is 37.3 Å². The van der Waals surface area contributed by atoms with Crippen molar-refractivity contribution in [1.29, 1.82) is 0 Å². The number of aromatic nitrogens is 6. The Hall–Kier alpha value is -3.96. The quantitative estimate of drug-likeness (QED) is 0.155. The van der Waals surface area contributed by atoms with Gasteiger partial charge >= 0.3 is 27.3 Å². The molecule has 2 N–H and O–H groups in total. The monoisotopic (exact) mass is 798 g/mol. The van der Waals surface area contributed by atoms with Gasteiger partial charge in [-0.1, -0.05) is 36.4 Å². The fraction of sp³-hybridized carbons (Fsp3) is 0. The average Bonchev–Trinajstić information content (AvgIpc) is 3.06. The predicted octanol–water partition coefficient (Wildman–Crippen LogP) is -3.91. The van der Waals surface area contributed by atoms with Crippen LogP contribution in [0.4, 0.5) is 0 Å². The van der Waals surface area contributed by atoms with Crippen LogP contribution in [0.3, 0.4) is 0 Å². The molecule has 0 saturated heterocycles. The minimum absolute atomic E-state index is 0. The Bertz CT molecular complexity index is 1300. The maximum Gasteiger partial charge on any atom is 2.00 e. The van der Waals surface area contributed by atoms with E-state index in [1.807, 2.05) is 109 Å². The third-order valence-corrected chi connectivity index (χ3v) is 4.78. The first-order valence-electron chi connectivity index (χ1n) is 12.6. The minimum atomic E-state index is -4.94. The number of hydrogen-bond donors (Lipinski definition) is 0. The Balaban J connectivity index is 0.000000597. The fourth-order valence-electron chi connectivity index (χ4n) is 3.09. The van der Waals surface area contributed by atoms with E-state index in [1.54, 1.807) is 37.2 Å². The maximum atomic E-state index is 8.49. The zero-order valence-corrected chi connectivity index (χ0v) is 30.3. The molecular weight excluding hydrogens is 772 g/mol. The first-order valence-corrected chi connectivity index (χ1v) is 15.1. The largest absolute Gasteiger partial charge is 2.00 e. The van der Waals surface area contributed by atoms with Gasteiger partial charge in [0.15, 0.2) is 0 Å². The van der Waals surface area contributed by atoms with Gasteiger partial charge in [-0.05, 0) is 72.8 Å². The Morgan fingerprint density at radius 3 is 0.500 bits per heavy atom. The molecule has 0 amide bonds. The van der Waals surface area contributed by atoms with Gasteiger partial charge in [-0.15, -0.1) is 20.5 Å². The second-order valence-corrected chi connectivity index (χ2v) is 9.56. The van der Waals surface area contributed by atoms with Crippen LogP contribution >= 0.6 is 0 Å². The van der Waals surface area contributed by atoms with Gasteiger partial charge < -0.3 is 5.48 Å². The summed E-state index contributed by atoms with van der Waals surface area (Å²) in [6, 6.07) is 34.8. The molecule has 48 heavy (non-hydrogen) atoms. The normalized spacial score (nSPS) is 9.75. The van der Waals surface area contributed by atoms with Crippen LogP contribution in [0.1, 0.15) is 0 Å². The summed E-state index contributed by atoms with van der Waals surface area (Å²) in [6.07, 6.45) is 10.6. The molecule has 0 saturated carbocycles. The van der Waals surface area contributed by atoms with Gasteiger partial charge in [0.05, 0.1) is 34.2 Å². The van der Waals surface area contributed by atoms with Crippen molar-refractivity contribution in [3.05, 3.63) is 146 Å². The molecule has 0 aliphatic rings. The number of pyridine rings is 6. The molecule has 0 aromatic carbocycles. The zero-order valence-electron chi connectivity index (χ0n) is 24.8. The Morgan fingerprint density at radius 1 is 0.292 bits per heavy atom. The smallest absolute Gasteiger partial charge is 0.412 e. The molecule has 0 fully saturated rings. The summed E-state index contributed by atoms with van der Waals surface area (Å²) in [4.78, 5) is 25.1. The molecule has 6 aromatic heterocycles. The summed E-state index contributed by atoms with van der Waals surface area (Å²) in [5, 5.41) is 0. The number of rotatable bonds is 3. The van der Waals surface area contributed by atoms with Gasteiger partial charge in [-0.2, -0.15) is 0 Å². The SMILES string of the molecule is O.[Cd+2].[O-][Cl+3]([O-])([O-])[O-].[O-][Cl+3]([O-])([O-])[O-].c1ccc(-c2ccccn2)nc1.c1ccc(-c2ccccn2)nc1.c1ccc(-c2ccccn2)nc1. The Morgan fingerprint density at radius 2 is 0.417 bits per heavy atom. The van der Waals surface area contributed by atoms with Gasteiger partial charge in [0, 0.05) is 37.2 Å². The molecule has 0 unspecified atom stereocenters. The summed E-state index contributed by atoms with van der Waals surface area (Å²) in [5.74, 6) is 0. The van der Waals surface area contributed by atoms with Crippen molar-refractivity contribution in [3.63, 3.8) is 0 Å². The Labute approximate surface area is 299 Å². The molecule has 0 spiro atoms. The van der Waals surface area contributed by atoms with E-state index in [4.69, 9.17) is 37.3 Å². The van der Waals surface area contributed by atoms with E-state index in [1.165, 1.54) is 0 Å². The molecule has 0 aliphatic heterocycles. The van der Waals surface area contributed by atoms with Gasteiger partial charge in [0.1, 0.15) is 0 Å². The molecule has 0 radical (unpaired) electrons. The van der Waals surface area contributed by atoms with E-state index in [-0.39, 0.29) is 32.8 Å². The fourth-order valence-corrected chi connectivity index (χ4v) is 3.09. The van der Waals surface area contributed by atoms with Crippen molar-refractivity contribution < 1.29 is 90.5 Å². The number of nitrogens with zero attached hydrogens (tertiary/aromatic N) is 6. The maximum absolute atomic E-state index is 8.49. The summed E-state index contributed by atoms with van der Waals surface area (Å²) in [5.41, 5.74) is 5.49. The molecule has 0 aliphatic carbocycles. The van der Waals surface area contributed by atoms with E-state index >= 15 is 0 Å². The van der Waals surface area contributed by atoms with Gasteiger partial charge in [-0.3, -0.25) is 29.9 Å². The van der Waals surface area contributed by atoms with Crippen LogP contribution in [0, 0.1) is 20.5 Å². The number of hydrogen-bond acceptors (Lipinski definition) is 14. The molecular formula is C30H26CdCl2N6O9. The van der Waals surface area contributed by atoms with Crippen LogP contribution in [0.2, 0.25) is 0 Å². The van der Waals surface area contributed by atoms with Gasteiger partial charge in [0.25, 0.3) is 0 Å². The van der Waals surface area contributed by atoms with E-state index in [0.717, 1.165) is 34.2 Å². The first kappa shape index (κ1) is 44.0. The third kappa shape index (κ3) is 22.5. The molecule has 18 heteroatoms. The van der Waals surface area contributed by atoms with E-state index in [9.17, 15) is 0 Å². The van der Waals surface area contributed by atoms with Crippen molar-refractivity contribution in [2.24, 2.45) is 0 Å². The molecule has 6 aromatic rings. The molecule has 15 nitrogen and oxygen atoms in total. The van der Waals surface area contributed by atoms with Gasteiger partial charge in [0.2, 0.25) is 0 Å². The second-order valence-electron chi connectivity index (χ2n) is 8.05. The molecule has 6 heterocycles. The molecule has 6 rings (SSSR count). The van der Waals surface area contributed by atoms with Crippen molar-refractivity contribution in [3.8, 4) is 34.2 Å². The average molecular weight is 798 g/mol. The van der Waals surface area contributed by atoms with E-state index < -0.39 is 20.5 Å². The predicted molar refractivity (Wildman–Crippen MR) is 146 cm³/mol. The number of halogens is 2. The topological polar surface area (TPSA) is 293 Å². The van der Waals surface area contributed by atoms with Crippen LogP contribution in [0.25, 0.3) is 34.2 Å². The zero-order chi connectivity index (χ0) is 33.7. The second kappa shape index (κ2) is 24.2. The first-order chi connectivity index (χ1) is 21.9. The molecule has 0 atom stereocenters. The Kier molecular flexibility index (Phi) is 22.2. The molecule has 246 valence electrons. The molecule has 0 bridgehead atoms. The summed E-state index contributed by atoms with van der Waals surface area (Å²) < 4.78 is 67.9. The van der Waals surface area contributed by atoms with Crippen molar-refractivity contribution in [1.82, 2.24) is 29.9 Å².